The number of fused-ring (bicyclic) bond motifs is 7. The van der Waals surface area contributed by atoms with E-state index in [1.165, 1.54) is 19.3 Å². The van der Waals surface area contributed by atoms with E-state index in [-0.39, 0.29) is 45.2 Å². The second kappa shape index (κ2) is 7.10. The van der Waals surface area contributed by atoms with Crippen LogP contribution in [-0.2, 0) is 0 Å². The van der Waals surface area contributed by atoms with E-state index in [0.29, 0.717) is 17.8 Å². The van der Waals surface area contributed by atoms with E-state index < -0.39 is 6.10 Å². The van der Waals surface area contributed by atoms with Gasteiger partial charge in [0.15, 0.2) is 0 Å². The minimum absolute atomic E-state index is 0.00950. The molecule has 3 heteroatoms. The molecule has 188 valence electrons. The Bertz CT molecular complexity index is 847. The summed E-state index contributed by atoms with van der Waals surface area (Å²) in [5, 5.41) is 32.6. The molecule has 0 heterocycles. The van der Waals surface area contributed by atoms with E-state index in [2.05, 4.69) is 54.5 Å². The Morgan fingerprint density at radius 1 is 0.788 bits per heavy atom. The Morgan fingerprint density at radius 3 is 2.15 bits per heavy atom. The standard InChI is InChI=1S/C30H50O3/c1-25(2)16-20-19-8-9-22-27(4)12-11-23(32)28(5,18-31)21(27)10-13-30(22,7)29(19,6)15-14-26(20,3)24(33)17-25/h8,20-24,31-33H,9-18H2,1-7H3/t20-,21+,22+,23-,24+,26+,27-,28+,29+,30+/m0/s1. The molecule has 0 aliphatic heterocycles. The molecule has 33 heavy (non-hydrogen) atoms. The summed E-state index contributed by atoms with van der Waals surface area (Å²) >= 11 is 0. The lowest BCUT2D eigenvalue weighted by molar-refractivity contribution is -0.218. The first-order valence-electron chi connectivity index (χ1n) is 13.9. The molecule has 0 radical (unpaired) electrons. The summed E-state index contributed by atoms with van der Waals surface area (Å²) in [5.41, 5.74) is 2.04. The van der Waals surface area contributed by atoms with Crippen LogP contribution in [0.5, 0.6) is 0 Å². The molecule has 4 saturated carbocycles. The van der Waals surface area contributed by atoms with Gasteiger partial charge in [-0.3, -0.25) is 0 Å². The monoisotopic (exact) mass is 458 g/mol. The zero-order chi connectivity index (χ0) is 24.2. The molecule has 0 bridgehead atoms. The average Bonchev–Trinajstić information content (AvgIpc) is 2.73. The second-order valence-electron chi connectivity index (χ2n) is 15.2. The molecular weight excluding hydrogens is 408 g/mol. The van der Waals surface area contributed by atoms with E-state index in [1.807, 2.05) is 0 Å². The van der Waals surface area contributed by atoms with Crippen molar-refractivity contribution >= 4 is 0 Å². The molecule has 3 nitrogen and oxygen atoms in total. The summed E-state index contributed by atoms with van der Waals surface area (Å²) in [6.45, 7) is 17.0. The van der Waals surface area contributed by atoms with Gasteiger partial charge in [-0.05, 0) is 97.2 Å². The fraction of sp³-hybridized carbons (Fsp3) is 0.933. The van der Waals surface area contributed by atoms with Crippen LogP contribution in [0.2, 0.25) is 0 Å². The second-order valence-corrected chi connectivity index (χ2v) is 15.2. The molecule has 5 aliphatic rings. The first-order chi connectivity index (χ1) is 15.2. The fourth-order valence-electron chi connectivity index (χ4n) is 10.7. The van der Waals surface area contributed by atoms with Gasteiger partial charge in [0, 0.05) is 10.8 Å². The summed E-state index contributed by atoms with van der Waals surface area (Å²) < 4.78 is 0. The first-order valence-corrected chi connectivity index (χ1v) is 13.9. The highest BCUT2D eigenvalue weighted by Gasteiger charge is 2.69. The van der Waals surface area contributed by atoms with Gasteiger partial charge in [0.2, 0.25) is 0 Å². The summed E-state index contributed by atoms with van der Waals surface area (Å²) in [4.78, 5) is 0. The van der Waals surface area contributed by atoms with Gasteiger partial charge in [0.05, 0.1) is 18.8 Å². The molecular formula is C30H50O3. The van der Waals surface area contributed by atoms with E-state index >= 15 is 0 Å². The molecule has 3 N–H and O–H groups in total. The number of aliphatic hydroxyl groups excluding tert-OH is 3. The number of aliphatic hydroxyl groups is 3. The van der Waals surface area contributed by atoms with Crippen molar-refractivity contribution < 1.29 is 15.3 Å². The maximum absolute atomic E-state index is 11.3. The zero-order valence-corrected chi connectivity index (χ0v) is 22.4. The van der Waals surface area contributed by atoms with Gasteiger partial charge in [-0.1, -0.05) is 60.1 Å². The molecule has 10 atom stereocenters. The predicted molar refractivity (Wildman–Crippen MR) is 134 cm³/mol. The van der Waals surface area contributed by atoms with Crippen LogP contribution in [0.4, 0.5) is 0 Å². The summed E-state index contributed by atoms with van der Waals surface area (Å²) in [7, 11) is 0. The van der Waals surface area contributed by atoms with Crippen molar-refractivity contribution in [1.29, 1.82) is 0 Å². The van der Waals surface area contributed by atoms with Crippen LogP contribution in [-0.4, -0.2) is 34.1 Å². The van der Waals surface area contributed by atoms with E-state index in [9.17, 15) is 15.3 Å². The molecule has 5 aliphatic carbocycles. The summed E-state index contributed by atoms with van der Waals surface area (Å²) in [6.07, 6.45) is 11.7. The zero-order valence-electron chi connectivity index (χ0n) is 22.4. The highest BCUT2D eigenvalue weighted by atomic mass is 16.3. The summed E-state index contributed by atoms with van der Waals surface area (Å²) in [6, 6.07) is 0. The highest BCUT2D eigenvalue weighted by molar-refractivity contribution is 5.34. The fourth-order valence-corrected chi connectivity index (χ4v) is 10.7. The topological polar surface area (TPSA) is 60.7 Å². The third-order valence-electron chi connectivity index (χ3n) is 13.2. The third-order valence-corrected chi connectivity index (χ3v) is 13.2. The van der Waals surface area contributed by atoms with E-state index in [1.54, 1.807) is 5.57 Å². The lowest BCUT2D eigenvalue weighted by atomic mass is 9.33. The maximum Gasteiger partial charge on any atom is 0.0618 e. The Kier molecular flexibility index (Phi) is 5.23. The molecule has 0 spiro atoms. The van der Waals surface area contributed by atoms with Gasteiger partial charge in [0.1, 0.15) is 0 Å². The summed E-state index contributed by atoms with van der Waals surface area (Å²) in [5.74, 6) is 1.44. The van der Waals surface area contributed by atoms with Crippen LogP contribution < -0.4 is 0 Å². The largest absolute Gasteiger partial charge is 0.396 e. The third kappa shape index (κ3) is 2.91. The molecule has 0 aromatic heterocycles. The predicted octanol–water partition coefficient (Wildman–Crippen LogP) is 6.11. The van der Waals surface area contributed by atoms with Crippen LogP contribution in [0.3, 0.4) is 0 Å². The van der Waals surface area contributed by atoms with Crippen molar-refractivity contribution in [2.45, 2.75) is 118 Å². The molecule has 0 aromatic carbocycles. The van der Waals surface area contributed by atoms with E-state index in [0.717, 1.165) is 38.5 Å². The normalized spacial score (nSPS) is 57.8. The molecule has 5 rings (SSSR count). The van der Waals surface area contributed by atoms with Crippen molar-refractivity contribution in [2.24, 2.45) is 50.2 Å². The Labute approximate surface area is 202 Å². The van der Waals surface area contributed by atoms with Gasteiger partial charge in [-0.2, -0.15) is 0 Å². The van der Waals surface area contributed by atoms with Crippen molar-refractivity contribution in [3.8, 4) is 0 Å². The van der Waals surface area contributed by atoms with Crippen molar-refractivity contribution in [3.63, 3.8) is 0 Å². The Balaban J connectivity index is 1.58. The van der Waals surface area contributed by atoms with E-state index in [4.69, 9.17) is 0 Å². The minimum Gasteiger partial charge on any atom is -0.396 e. The first kappa shape index (κ1) is 24.3. The quantitative estimate of drug-likeness (QED) is 0.415. The number of rotatable bonds is 1. The van der Waals surface area contributed by atoms with Crippen LogP contribution >= 0.6 is 0 Å². The lowest BCUT2D eigenvalue weighted by Gasteiger charge is -2.71. The molecule has 0 amide bonds. The molecule has 0 saturated heterocycles. The number of allylic oxidation sites excluding steroid dienone is 2. The van der Waals surface area contributed by atoms with Crippen molar-refractivity contribution in [1.82, 2.24) is 0 Å². The smallest absolute Gasteiger partial charge is 0.0618 e. The van der Waals surface area contributed by atoms with Crippen LogP contribution in [0, 0.1) is 50.2 Å². The average molecular weight is 459 g/mol. The Morgan fingerprint density at radius 2 is 1.48 bits per heavy atom. The minimum atomic E-state index is -0.392. The molecule has 0 unspecified atom stereocenters. The maximum atomic E-state index is 11.3. The van der Waals surface area contributed by atoms with Gasteiger partial charge in [-0.25, -0.2) is 0 Å². The van der Waals surface area contributed by atoms with Gasteiger partial charge < -0.3 is 15.3 Å². The molecule has 4 fully saturated rings. The van der Waals surface area contributed by atoms with Crippen LogP contribution in [0.1, 0.15) is 106 Å². The Hall–Kier alpha value is -0.380. The molecule has 0 aromatic rings. The van der Waals surface area contributed by atoms with Gasteiger partial charge in [-0.15, -0.1) is 0 Å². The van der Waals surface area contributed by atoms with Gasteiger partial charge >= 0.3 is 0 Å². The van der Waals surface area contributed by atoms with Crippen LogP contribution in [0.25, 0.3) is 0 Å². The number of hydrogen-bond acceptors (Lipinski definition) is 3. The SMILES string of the molecule is CC1(C)C[C@@H](O)[C@]2(C)CC[C@]3(C)C(=CC[C@@H]4[C@@]5(C)CC[C@H](O)[C@](C)(CO)[C@@H]5CC[C@]43C)[C@@H]2C1. The number of hydrogen-bond donors (Lipinski definition) is 3. The van der Waals surface area contributed by atoms with Crippen molar-refractivity contribution in [3.05, 3.63) is 11.6 Å². The van der Waals surface area contributed by atoms with Crippen LogP contribution in [0.15, 0.2) is 11.6 Å². The van der Waals surface area contributed by atoms with Gasteiger partial charge in [0.25, 0.3) is 0 Å². The lowest BCUT2D eigenvalue weighted by Crippen LogP contribution is -2.66. The highest BCUT2D eigenvalue weighted by Crippen LogP contribution is 2.75. The van der Waals surface area contributed by atoms with Crippen molar-refractivity contribution in [2.75, 3.05) is 6.61 Å².